The predicted molar refractivity (Wildman–Crippen MR) is 110 cm³/mol. The average Bonchev–Trinajstić information content (AvgIpc) is 2.72. The summed E-state index contributed by atoms with van der Waals surface area (Å²) in [6.45, 7) is -0.815. The Labute approximate surface area is 183 Å². The predicted octanol–water partition coefficient (Wildman–Crippen LogP) is 0.274. The Bertz CT molecular complexity index is 1050. The van der Waals surface area contributed by atoms with Crippen molar-refractivity contribution in [2.45, 2.75) is 30.7 Å². The first-order valence-corrected chi connectivity index (χ1v) is 10.7. The number of hydrogen-bond donors (Lipinski definition) is 6. The number of aromatic hydroxyl groups is 2. The van der Waals surface area contributed by atoms with E-state index in [1.54, 1.807) is 24.3 Å². The lowest BCUT2D eigenvalue weighted by Gasteiger charge is -2.40. The fourth-order valence-electron chi connectivity index (χ4n) is 3.09. The van der Waals surface area contributed by atoms with Crippen molar-refractivity contribution >= 4 is 22.6 Å². The van der Waals surface area contributed by atoms with Gasteiger partial charge in [-0.15, -0.1) is 0 Å². The normalized spacial score (nSPS) is 26.3. The summed E-state index contributed by atoms with van der Waals surface area (Å²) in [7, 11) is -5.00. The molecule has 0 unspecified atom stereocenters. The van der Waals surface area contributed by atoms with E-state index in [2.05, 4.69) is 4.18 Å². The van der Waals surface area contributed by atoms with E-state index in [1.165, 1.54) is 30.3 Å². The van der Waals surface area contributed by atoms with Gasteiger partial charge in [-0.2, -0.15) is 8.42 Å². The highest BCUT2D eigenvalue weighted by Gasteiger charge is 2.48. The molecule has 2 aromatic carbocycles. The van der Waals surface area contributed by atoms with Crippen LogP contribution < -0.4 is 4.74 Å². The van der Waals surface area contributed by atoms with Gasteiger partial charge in [0.15, 0.2) is 0 Å². The Morgan fingerprint density at radius 3 is 2.22 bits per heavy atom. The third-order valence-corrected chi connectivity index (χ3v) is 5.05. The Kier molecular flexibility index (Phi) is 7.36. The standard InChI is InChI=1S/C20H22O11S/c21-10-16-19(31-32(26,27)28)17(24)18(25)20(30-16)29-15-8-12(7-14(23)9-15)2-1-11-3-5-13(22)6-4-11/h1-9,16-25H,10H2,(H,26,27,28)/b2-1+/t16-,17-,18-,19-,20-/m1/s1. The van der Waals surface area contributed by atoms with E-state index in [9.17, 15) is 34.0 Å². The fraction of sp³-hybridized carbons (Fsp3) is 0.300. The van der Waals surface area contributed by atoms with Crippen molar-refractivity contribution in [3.63, 3.8) is 0 Å². The van der Waals surface area contributed by atoms with Crippen LogP contribution in [0.2, 0.25) is 0 Å². The van der Waals surface area contributed by atoms with Crippen molar-refractivity contribution in [3.8, 4) is 17.2 Å². The molecule has 11 nitrogen and oxygen atoms in total. The summed E-state index contributed by atoms with van der Waals surface area (Å²) in [5, 5.41) is 49.2. The monoisotopic (exact) mass is 470 g/mol. The zero-order chi connectivity index (χ0) is 23.5. The van der Waals surface area contributed by atoms with Crippen LogP contribution in [0.15, 0.2) is 42.5 Å². The minimum atomic E-state index is -5.00. The Morgan fingerprint density at radius 2 is 1.59 bits per heavy atom. The molecule has 6 N–H and O–H groups in total. The van der Waals surface area contributed by atoms with Crippen LogP contribution in [0.3, 0.4) is 0 Å². The van der Waals surface area contributed by atoms with Crippen molar-refractivity contribution < 1.29 is 52.2 Å². The molecule has 0 radical (unpaired) electrons. The van der Waals surface area contributed by atoms with Gasteiger partial charge in [0.05, 0.1) is 6.61 Å². The third kappa shape index (κ3) is 6.17. The average molecular weight is 470 g/mol. The van der Waals surface area contributed by atoms with E-state index >= 15 is 0 Å². The van der Waals surface area contributed by atoms with Gasteiger partial charge in [0, 0.05) is 6.07 Å². The molecule has 0 saturated carbocycles. The van der Waals surface area contributed by atoms with E-state index in [0.29, 0.717) is 5.56 Å². The van der Waals surface area contributed by atoms with Crippen LogP contribution in [0.5, 0.6) is 17.2 Å². The first-order chi connectivity index (χ1) is 15.1. The molecule has 0 spiro atoms. The second kappa shape index (κ2) is 9.83. The molecule has 3 rings (SSSR count). The van der Waals surface area contributed by atoms with Crippen molar-refractivity contribution in [1.29, 1.82) is 0 Å². The Morgan fingerprint density at radius 1 is 0.938 bits per heavy atom. The van der Waals surface area contributed by atoms with Crippen molar-refractivity contribution in [3.05, 3.63) is 53.6 Å². The van der Waals surface area contributed by atoms with Crippen LogP contribution in [0.1, 0.15) is 11.1 Å². The summed E-state index contributed by atoms with van der Waals surface area (Å²) in [6.07, 6.45) is -5.13. The van der Waals surface area contributed by atoms with E-state index in [1.807, 2.05) is 0 Å². The first-order valence-electron chi connectivity index (χ1n) is 9.32. The summed E-state index contributed by atoms with van der Waals surface area (Å²) in [4.78, 5) is 0. The van der Waals surface area contributed by atoms with E-state index in [-0.39, 0.29) is 17.2 Å². The number of aliphatic hydroxyl groups excluding tert-OH is 3. The summed E-state index contributed by atoms with van der Waals surface area (Å²) in [6, 6.07) is 10.5. The minimum Gasteiger partial charge on any atom is -0.508 e. The number of aliphatic hydroxyl groups is 3. The first kappa shape index (κ1) is 23.9. The molecule has 174 valence electrons. The molecule has 1 aliphatic heterocycles. The van der Waals surface area contributed by atoms with Crippen LogP contribution >= 0.6 is 0 Å². The highest BCUT2D eigenvalue weighted by atomic mass is 32.3. The lowest BCUT2D eigenvalue weighted by atomic mass is 9.99. The molecule has 5 atom stereocenters. The Hall–Kier alpha value is -2.71. The lowest BCUT2D eigenvalue weighted by molar-refractivity contribution is -0.272. The Balaban J connectivity index is 1.77. The van der Waals surface area contributed by atoms with Crippen LogP contribution in [0.4, 0.5) is 0 Å². The zero-order valence-electron chi connectivity index (χ0n) is 16.4. The molecule has 32 heavy (non-hydrogen) atoms. The van der Waals surface area contributed by atoms with Gasteiger partial charge in [-0.05, 0) is 35.4 Å². The SMILES string of the molecule is O=S(=O)(O)O[C@H]1[C@H](O)[C@@H](O)[C@H](Oc2cc(O)cc(/C=C/c3ccc(O)cc3)c2)O[C@@H]1CO. The summed E-state index contributed by atoms with van der Waals surface area (Å²) in [5.74, 6) is -0.0173. The number of phenolic OH excluding ortho intramolecular Hbond substituents is 2. The molecule has 12 heteroatoms. The van der Waals surface area contributed by atoms with Crippen LogP contribution in [0.25, 0.3) is 12.2 Å². The van der Waals surface area contributed by atoms with Gasteiger partial charge in [0.25, 0.3) is 0 Å². The fourth-order valence-corrected chi connectivity index (χ4v) is 3.61. The molecule has 0 amide bonds. The van der Waals surface area contributed by atoms with Gasteiger partial charge in [0.2, 0.25) is 6.29 Å². The molecular formula is C20H22O11S. The van der Waals surface area contributed by atoms with Gasteiger partial charge >= 0.3 is 10.4 Å². The molecule has 1 heterocycles. The molecular weight excluding hydrogens is 448 g/mol. The van der Waals surface area contributed by atoms with E-state index in [4.69, 9.17) is 14.0 Å². The number of ether oxygens (including phenoxy) is 2. The van der Waals surface area contributed by atoms with Crippen LogP contribution in [-0.2, 0) is 19.3 Å². The maximum absolute atomic E-state index is 11.0. The molecule has 1 fully saturated rings. The lowest BCUT2D eigenvalue weighted by Crippen LogP contribution is -2.61. The second-order valence-electron chi connectivity index (χ2n) is 7.00. The van der Waals surface area contributed by atoms with Crippen molar-refractivity contribution in [2.75, 3.05) is 6.61 Å². The van der Waals surface area contributed by atoms with Crippen LogP contribution in [0, 0.1) is 0 Å². The van der Waals surface area contributed by atoms with Gasteiger partial charge in [-0.3, -0.25) is 4.55 Å². The maximum Gasteiger partial charge on any atom is 0.397 e. The van der Waals surface area contributed by atoms with Crippen molar-refractivity contribution in [2.24, 2.45) is 0 Å². The van der Waals surface area contributed by atoms with Gasteiger partial charge in [-0.25, -0.2) is 4.18 Å². The number of phenols is 2. The van der Waals surface area contributed by atoms with Crippen molar-refractivity contribution in [1.82, 2.24) is 0 Å². The molecule has 1 saturated heterocycles. The quantitative estimate of drug-likeness (QED) is 0.241. The van der Waals surface area contributed by atoms with Crippen LogP contribution in [-0.4, -0.2) is 75.8 Å². The topological polar surface area (TPSA) is 183 Å². The largest absolute Gasteiger partial charge is 0.508 e. The number of rotatable bonds is 7. The molecule has 2 aromatic rings. The summed E-state index contributed by atoms with van der Waals surface area (Å²) < 4.78 is 45.9. The van der Waals surface area contributed by atoms with E-state index < -0.39 is 47.7 Å². The van der Waals surface area contributed by atoms with Gasteiger partial charge in [0.1, 0.15) is 41.7 Å². The second-order valence-corrected chi connectivity index (χ2v) is 8.05. The highest BCUT2D eigenvalue weighted by Crippen LogP contribution is 2.29. The van der Waals surface area contributed by atoms with Gasteiger partial charge in [-0.1, -0.05) is 24.3 Å². The zero-order valence-corrected chi connectivity index (χ0v) is 17.2. The summed E-state index contributed by atoms with van der Waals surface area (Å²) in [5.41, 5.74) is 1.28. The highest BCUT2D eigenvalue weighted by molar-refractivity contribution is 7.80. The minimum absolute atomic E-state index is 0.0393. The molecule has 0 aliphatic carbocycles. The van der Waals surface area contributed by atoms with Gasteiger partial charge < -0.3 is 35.0 Å². The smallest absolute Gasteiger partial charge is 0.397 e. The molecule has 0 bridgehead atoms. The number of hydrogen-bond acceptors (Lipinski definition) is 10. The molecule has 1 aliphatic rings. The molecule has 0 aromatic heterocycles. The van der Waals surface area contributed by atoms with E-state index in [0.717, 1.165) is 5.56 Å². The third-order valence-electron chi connectivity index (χ3n) is 4.58. The number of benzene rings is 2. The summed E-state index contributed by atoms with van der Waals surface area (Å²) >= 11 is 0. The maximum atomic E-state index is 11.0.